The van der Waals surface area contributed by atoms with Crippen LogP contribution in [0.2, 0.25) is 0 Å². The molecule has 0 spiro atoms. The number of amides is 1. The highest BCUT2D eigenvalue weighted by Gasteiger charge is 2.30. The molecule has 1 aromatic heterocycles. The highest BCUT2D eigenvalue weighted by atomic mass is 19.4. The monoisotopic (exact) mass is 341 g/mol. The van der Waals surface area contributed by atoms with E-state index in [-0.39, 0.29) is 5.91 Å². The molecule has 2 rings (SSSR count). The maximum absolute atomic E-state index is 12.5. The molecule has 130 valence electrons. The number of alkyl halides is 3. The normalized spacial score (nSPS) is 13.1. The number of hydrogen-bond donors (Lipinski definition) is 1. The van der Waals surface area contributed by atoms with E-state index in [9.17, 15) is 18.0 Å². The molecule has 1 amide bonds. The maximum atomic E-state index is 12.5. The zero-order chi connectivity index (χ0) is 17.9. The minimum atomic E-state index is -4.35. The van der Waals surface area contributed by atoms with E-state index in [1.807, 2.05) is 0 Å². The van der Waals surface area contributed by atoms with Gasteiger partial charge in [-0.05, 0) is 38.6 Å². The van der Waals surface area contributed by atoms with Gasteiger partial charge in [-0.25, -0.2) is 0 Å². The number of nitrogens with one attached hydrogen (secondary N) is 1. The summed E-state index contributed by atoms with van der Waals surface area (Å²) < 4.78 is 42.5. The fourth-order valence-corrected chi connectivity index (χ4v) is 2.08. The lowest BCUT2D eigenvalue weighted by atomic mass is 10.1. The molecule has 1 heterocycles. The summed E-state index contributed by atoms with van der Waals surface area (Å²) in [5.41, 5.74) is -0.0106. The van der Waals surface area contributed by atoms with Crippen molar-refractivity contribution in [3.63, 3.8) is 0 Å². The third kappa shape index (κ3) is 4.58. The van der Waals surface area contributed by atoms with Gasteiger partial charge in [-0.2, -0.15) is 13.2 Å². The third-order valence-corrected chi connectivity index (χ3v) is 3.63. The van der Waals surface area contributed by atoms with Crippen LogP contribution in [-0.2, 0) is 17.5 Å². The minimum Gasteiger partial charge on any atom is -0.360 e. The first kappa shape index (κ1) is 18.0. The Morgan fingerprint density at radius 3 is 2.46 bits per heavy atom. The molecule has 0 saturated carbocycles. The number of nitrogens with zero attached hydrogens (tertiary/aromatic N) is 2. The molecular weight excluding hydrogens is 323 g/mol. The van der Waals surface area contributed by atoms with Crippen molar-refractivity contribution in [2.75, 3.05) is 12.4 Å². The lowest BCUT2D eigenvalue weighted by molar-refractivity contribution is -0.137. The summed E-state index contributed by atoms with van der Waals surface area (Å²) in [7, 11) is 1.72. The first-order valence-corrected chi connectivity index (χ1v) is 7.27. The molecule has 24 heavy (non-hydrogen) atoms. The van der Waals surface area contributed by atoms with Crippen LogP contribution in [0.15, 0.2) is 34.9 Å². The number of aromatic nitrogens is 1. The SMILES string of the molecule is Cc1cc(NC(=O)[C@@H](C)N(C)Cc2ccc(C(F)(F)F)cc2)no1. The molecule has 0 bridgehead atoms. The van der Waals surface area contributed by atoms with Crippen molar-refractivity contribution in [3.05, 3.63) is 47.2 Å². The predicted octanol–water partition coefficient (Wildman–Crippen LogP) is 3.46. The highest BCUT2D eigenvalue weighted by molar-refractivity contribution is 5.93. The van der Waals surface area contributed by atoms with Gasteiger partial charge in [0.25, 0.3) is 0 Å². The predicted molar refractivity (Wildman–Crippen MR) is 82.2 cm³/mol. The molecule has 2 aromatic rings. The number of benzene rings is 1. The Hall–Kier alpha value is -2.35. The molecule has 0 aliphatic rings. The Labute approximate surface area is 137 Å². The van der Waals surface area contributed by atoms with Crippen LogP contribution in [0, 0.1) is 6.92 Å². The number of hydrogen-bond acceptors (Lipinski definition) is 4. The lowest BCUT2D eigenvalue weighted by Gasteiger charge is -2.23. The van der Waals surface area contributed by atoms with E-state index in [0.717, 1.165) is 12.1 Å². The Bertz CT molecular complexity index is 695. The topological polar surface area (TPSA) is 58.4 Å². The average Bonchev–Trinajstić information content (AvgIpc) is 2.91. The fraction of sp³-hybridized carbons (Fsp3) is 0.375. The van der Waals surface area contributed by atoms with Crippen LogP contribution in [0.5, 0.6) is 0 Å². The highest BCUT2D eigenvalue weighted by Crippen LogP contribution is 2.29. The van der Waals surface area contributed by atoms with Crippen molar-refractivity contribution >= 4 is 11.7 Å². The summed E-state index contributed by atoms with van der Waals surface area (Å²) in [6.07, 6.45) is -4.35. The smallest absolute Gasteiger partial charge is 0.360 e. The second-order valence-electron chi connectivity index (χ2n) is 5.60. The number of carbonyl (C=O) groups excluding carboxylic acids is 1. The molecule has 0 fully saturated rings. The van der Waals surface area contributed by atoms with Crippen LogP contribution in [0.3, 0.4) is 0 Å². The van der Waals surface area contributed by atoms with Gasteiger partial charge < -0.3 is 9.84 Å². The number of likely N-dealkylation sites (N-methyl/N-ethyl adjacent to an activating group) is 1. The standard InChI is InChI=1S/C16H18F3N3O2/c1-10-8-14(21-24-10)20-15(23)11(2)22(3)9-12-4-6-13(7-5-12)16(17,18)19/h4-8,11H,9H2,1-3H3,(H,20,21,23)/t11-/m1/s1. The van der Waals surface area contributed by atoms with E-state index < -0.39 is 17.8 Å². The number of rotatable bonds is 5. The largest absolute Gasteiger partial charge is 0.416 e. The summed E-state index contributed by atoms with van der Waals surface area (Å²) in [6, 6.07) is 5.98. The van der Waals surface area contributed by atoms with Crippen molar-refractivity contribution < 1.29 is 22.5 Å². The van der Waals surface area contributed by atoms with Crippen LogP contribution in [0.1, 0.15) is 23.8 Å². The molecule has 0 aliphatic carbocycles. The first-order valence-electron chi connectivity index (χ1n) is 7.27. The summed E-state index contributed by atoms with van der Waals surface area (Å²) in [4.78, 5) is 13.9. The molecule has 1 atom stereocenters. The van der Waals surface area contributed by atoms with Crippen molar-refractivity contribution in [2.24, 2.45) is 0 Å². The second-order valence-corrected chi connectivity index (χ2v) is 5.60. The zero-order valence-corrected chi connectivity index (χ0v) is 13.5. The van der Waals surface area contributed by atoms with Crippen molar-refractivity contribution in [3.8, 4) is 0 Å². The van der Waals surface area contributed by atoms with Crippen molar-refractivity contribution in [2.45, 2.75) is 32.6 Å². The van der Waals surface area contributed by atoms with Crippen LogP contribution < -0.4 is 5.32 Å². The zero-order valence-electron chi connectivity index (χ0n) is 13.5. The summed E-state index contributed by atoms with van der Waals surface area (Å²) in [6.45, 7) is 3.75. The Balaban J connectivity index is 1.95. The molecule has 5 nitrogen and oxygen atoms in total. The number of halogens is 3. The minimum absolute atomic E-state index is 0.280. The number of aryl methyl sites for hydroxylation is 1. The van der Waals surface area contributed by atoms with Crippen molar-refractivity contribution in [1.29, 1.82) is 0 Å². The van der Waals surface area contributed by atoms with E-state index >= 15 is 0 Å². The van der Waals surface area contributed by atoms with Crippen LogP contribution in [-0.4, -0.2) is 29.1 Å². The molecule has 1 aromatic carbocycles. The Morgan fingerprint density at radius 1 is 1.33 bits per heavy atom. The van der Waals surface area contributed by atoms with E-state index in [1.165, 1.54) is 12.1 Å². The van der Waals surface area contributed by atoms with E-state index in [0.29, 0.717) is 23.7 Å². The molecule has 0 saturated heterocycles. The maximum Gasteiger partial charge on any atom is 0.416 e. The molecule has 0 unspecified atom stereocenters. The average molecular weight is 341 g/mol. The first-order chi connectivity index (χ1) is 11.2. The Kier molecular flexibility index (Phi) is 5.28. The second kappa shape index (κ2) is 7.04. The van der Waals surface area contributed by atoms with Gasteiger partial charge in [0.15, 0.2) is 5.82 Å². The van der Waals surface area contributed by atoms with Crippen LogP contribution in [0.4, 0.5) is 19.0 Å². The molecule has 8 heteroatoms. The van der Waals surface area contributed by atoms with E-state index in [2.05, 4.69) is 10.5 Å². The van der Waals surface area contributed by atoms with Gasteiger partial charge in [-0.15, -0.1) is 0 Å². The van der Waals surface area contributed by atoms with E-state index in [4.69, 9.17) is 4.52 Å². The van der Waals surface area contributed by atoms with E-state index in [1.54, 1.807) is 31.9 Å². The fourth-order valence-electron chi connectivity index (χ4n) is 2.08. The molecule has 1 N–H and O–H groups in total. The lowest BCUT2D eigenvalue weighted by Crippen LogP contribution is -2.39. The molecule has 0 aliphatic heterocycles. The van der Waals surface area contributed by atoms with Gasteiger partial charge in [0.1, 0.15) is 5.76 Å². The molecular formula is C16H18F3N3O2. The molecule has 0 radical (unpaired) electrons. The van der Waals surface area contributed by atoms with Crippen molar-refractivity contribution in [1.82, 2.24) is 10.1 Å². The van der Waals surface area contributed by atoms with Gasteiger partial charge in [0.05, 0.1) is 11.6 Å². The summed E-state index contributed by atoms with van der Waals surface area (Å²) in [5.74, 6) is 0.626. The van der Waals surface area contributed by atoms with Gasteiger partial charge in [-0.1, -0.05) is 17.3 Å². The summed E-state index contributed by atoms with van der Waals surface area (Å²) in [5, 5.41) is 6.31. The van der Waals surface area contributed by atoms with Gasteiger partial charge in [-0.3, -0.25) is 9.69 Å². The number of carbonyl (C=O) groups is 1. The van der Waals surface area contributed by atoms with Gasteiger partial charge >= 0.3 is 6.18 Å². The summed E-state index contributed by atoms with van der Waals surface area (Å²) >= 11 is 0. The third-order valence-electron chi connectivity index (χ3n) is 3.63. The number of anilines is 1. The quantitative estimate of drug-likeness (QED) is 0.905. The van der Waals surface area contributed by atoms with Crippen LogP contribution in [0.25, 0.3) is 0 Å². The van der Waals surface area contributed by atoms with Crippen LogP contribution >= 0.6 is 0 Å². The Morgan fingerprint density at radius 2 is 1.96 bits per heavy atom. The van der Waals surface area contributed by atoms with Gasteiger partial charge in [0, 0.05) is 12.6 Å². The van der Waals surface area contributed by atoms with Gasteiger partial charge in [0.2, 0.25) is 5.91 Å².